The lowest BCUT2D eigenvalue weighted by Gasteiger charge is -2.20. The summed E-state index contributed by atoms with van der Waals surface area (Å²) >= 11 is 0. The van der Waals surface area contributed by atoms with Crippen LogP contribution in [-0.4, -0.2) is 10.4 Å². The van der Waals surface area contributed by atoms with Gasteiger partial charge in [0.1, 0.15) is 6.04 Å². The van der Waals surface area contributed by atoms with Gasteiger partial charge >= 0.3 is 0 Å². The van der Waals surface area contributed by atoms with Crippen LogP contribution < -0.4 is 0 Å². The number of ketones is 1. The predicted molar refractivity (Wildman–Crippen MR) is 89.0 cm³/mol. The van der Waals surface area contributed by atoms with Crippen molar-refractivity contribution in [3.8, 4) is 6.07 Å². The molecule has 2 aromatic carbocycles. The second-order valence-electron chi connectivity index (χ2n) is 6.09. The first-order valence-corrected chi connectivity index (χ1v) is 7.87. The number of Topliss-reactive ketones (excluding diaryl/α,β-unsaturated/α-hetero) is 1. The van der Waals surface area contributed by atoms with Gasteiger partial charge in [0.25, 0.3) is 0 Å². The number of hydrogen-bond acceptors (Lipinski definition) is 2. The molecule has 3 heteroatoms. The first kappa shape index (κ1) is 13.8. The number of hydrogen-bond donors (Lipinski definition) is 0. The van der Waals surface area contributed by atoms with E-state index in [1.807, 2.05) is 42.6 Å². The van der Waals surface area contributed by atoms with Crippen molar-refractivity contribution in [3.05, 3.63) is 71.9 Å². The first-order valence-electron chi connectivity index (χ1n) is 7.87. The molecule has 3 aromatic rings. The van der Waals surface area contributed by atoms with E-state index in [2.05, 4.69) is 16.7 Å². The van der Waals surface area contributed by atoms with Crippen LogP contribution in [0.15, 0.2) is 60.8 Å². The summed E-state index contributed by atoms with van der Waals surface area (Å²) < 4.78 is 2.07. The van der Waals surface area contributed by atoms with Crippen molar-refractivity contribution < 1.29 is 4.79 Å². The fourth-order valence-corrected chi connectivity index (χ4v) is 3.12. The highest BCUT2D eigenvalue weighted by molar-refractivity contribution is 5.92. The fraction of sp³-hybridized carbons (Fsp3) is 0.200. The number of fused-ring (bicyclic) bond motifs is 1. The molecular weight excluding hydrogens is 284 g/mol. The van der Waals surface area contributed by atoms with Crippen molar-refractivity contribution in [1.82, 2.24) is 4.57 Å². The highest BCUT2D eigenvalue weighted by Crippen LogP contribution is 2.37. The summed E-state index contributed by atoms with van der Waals surface area (Å²) in [7, 11) is 0. The van der Waals surface area contributed by atoms with Gasteiger partial charge in [-0.3, -0.25) is 4.79 Å². The van der Waals surface area contributed by atoms with Gasteiger partial charge < -0.3 is 4.57 Å². The Morgan fingerprint density at radius 2 is 1.83 bits per heavy atom. The van der Waals surface area contributed by atoms with Gasteiger partial charge in [-0.15, -0.1) is 0 Å². The molecule has 0 amide bonds. The summed E-state index contributed by atoms with van der Waals surface area (Å²) in [5.74, 6) is 0.452. The van der Waals surface area contributed by atoms with Crippen LogP contribution in [0, 0.1) is 17.2 Å². The molecule has 0 saturated heterocycles. The maximum atomic E-state index is 12.9. The van der Waals surface area contributed by atoms with Gasteiger partial charge in [-0.25, -0.2) is 0 Å². The minimum absolute atomic E-state index is 0.178. The normalized spacial score (nSPS) is 15.3. The molecule has 0 radical (unpaired) electrons. The molecule has 112 valence electrons. The average molecular weight is 300 g/mol. The molecule has 1 unspecified atom stereocenters. The monoisotopic (exact) mass is 300 g/mol. The van der Waals surface area contributed by atoms with Gasteiger partial charge in [-0.05, 0) is 48.1 Å². The lowest BCUT2D eigenvalue weighted by molar-refractivity contribution is -0.122. The van der Waals surface area contributed by atoms with Crippen molar-refractivity contribution in [1.29, 1.82) is 5.26 Å². The van der Waals surface area contributed by atoms with Crippen molar-refractivity contribution in [3.63, 3.8) is 0 Å². The summed E-state index contributed by atoms with van der Waals surface area (Å²) in [6.45, 7) is 0. The van der Waals surface area contributed by atoms with Crippen LogP contribution in [0.2, 0.25) is 0 Å². The van der Waals surface area contributed by atoms with Gasteiger partial charge in [0.2, 0.25) is 0 Å². The fourth-order valence-electron chi connectivity index (χ4n) is 3.12. The van der Waals surface area contributed by atoms with Crippen LogP contribution >= 0.6 is 0 Å². The van der Waals surface area contributed by atoms with Gasteiger partial charge in [0.15, 0.2) is 5.78 Å². The summed E-state index contributed by atoms with van der Waals surface area (Å²) in [6, 6.07) is 19.4. The van der Waals surface area contributed by atoms with Crippen molar-refractivity contribution in [2.75, 3.05) is 0 Å². The zero-order valence-corrected chi connectivity index (χ0v) is 12.6. The van der Waals surface area contributed by atoms with E-state index >= 15 is 0 Å². The Kier molecular flexibility index (Phi) is 3.24. The number of rotatable bonds is 4. The van der Waals surface area contributed by atoms with E-state index in [0.717, 1.165) is 29.3 Å². The second kappa shape index (κ2) is 5.40. The van der Waals surface area contributed by atoms with E-state index in [1.54, 1.807) is 12.1 Å². The minimum atomic E-state index is -0.310. The molecule has 1 aliphatic carbocycles. The highest BCUT2D eigenvalue weighted by Gasteiger charge is 2.36. The second-order valence-corrected chi connectivity index (χ2v) is 6.09. The molecule has 1 saturated carbocycles. The molecule has 1 atom stereocenters. The van der Waals surface area contributed by atoms with Crippen LogP contribution in [0.4, 0.5) is 0 Å². The van der Waals surface area contributed by atoms with E-state index < -0.39 is 0 Å². The third-order valence-electron chi connectivity index (χ3n) is 4.51. The Hall–Kier alpha value is -2.86. The van der Waals surface area contributed by atoms with Gasteiger partial charge in [0.05, 0.1) is 11.6 Å². The van der Waals surface area contributed by atoms with E-state index in [9.17, 15) is 4.79 Å². The molecule has 23 heavy (non-hydrogen) atoms. The Morgan fingerprint density at radius 3 is 2.52 bits per heavy atom. The van der Waals surface area contributed by atoms with E-state index in [4.69, 9.17) is 5.26 Å². The highest BCUT2D eigenvalue weighted by atomic mass is 16.1. The molecule has 0 spiro atoms. The van der Waals surface area contributed by atoms with E-state index in [0.29, 0.717) is 5.56 Å². The quantitative estimate of drug-likeness (QED) is 0.728. The Labute approximate surface area is 134 Å². The predicted octanol–water partition coefficient (Wildman–Crippen LogP) is 4.08. The maximum absolute atomic E-state index is 12.9. The van der Waals surface area contributed by atoms with Gasteiger partial charge in [-0.2, -0.15) is 5.26 Å². The van der Waals surface area contributed by atoms with Crippen LogP contribution in [0.25, 0.3) is 10.9 Å². The summed E-state index contributed by atoms with van der Waals surface area (Å²) in [4.78, 5) is 12.9. The van der Waals surface area contributed by atoms with Crippen LogP contribution in [0.5, 0.6) is 0 Å². The van der Waals surface area contributed by atoms with Gasteiger partial charge in [0, 0.05) is 17.6 Å². The Bertz CT molecular complexity index is 911. The molecule has 1 aliphatic rings. The van der Waals surface area contributed by atoms with Gasteiger partial charge in [-0.1, -0.05) is 30.3 Å². The molecule has 1 fully saturated rings. The Balaban J connectivity index is 1.85. The maximum Gasteiger partial charge on any atom is 0.163 e. The molecule has 0 N–H and O–H groups in total. The smallest absolute Gasteiger partial charge is 0.163 e. The number of para-hydroxylation sites is 1. The van der Waals surface area contributed by atoms with Crippen molar-refractivity contribution in [2.45, 2.75) is 18.9 Å². The SMILES string of the molecule is N#Cc1ccc(C(C(=O)C2CC2)n2ccc3ccccc32)cc1. The lowest BCUT2D eigenvalue weighted by Crippen LogP contribution is -2.21. The summed E-state index contributed by atoms with van der Waals surface area (Å²) in [5, 5.41) is 10.1. The summed E-state index contributed by atoms with van der Waals surface area (Å²) in [5.41, 5.74) is 2.63. The lowest BCUT2D eigenvalue weighted by atomic mass is 9.98. The zero-order chi connectivity index (χ0) is 15.8. The first-order chi connectivity index (χ1) is 11.3. The standard InChI is InChI=1S/C20H16N2O/c21-13-14-5-7-16(8-6-14)19(20(23)17-9-10-17)22-12-11-15-3-1-2-4-18(15)22/h1-8,11-12,17,19H,9-10H2. The number of benzene rings is 2. The molecule has 0 aliphatic heterocycles. The van der Waals surface area contributed by atoms with Crippen LogP contribution in [-0.2, 0) is 4.79 Å². The van der Waals surface area contributed by atoms with E-state index in [-0.39, 0.29) is 17.7 Å². The zero-order valence-electron chi connectivity index (χ0n) is 12.6. The molecule has 1 heterocycles. The molecular formula is C20H16N2O. The third kappa shape index (κ3) is 2.43. The van der Waals surface area contributed by atoms with Crippen molar-refractivity contribution in [2.24, 2.45) is 5.92 Å². The van der Waals surface area contributed by atoms with E-state index in [1.165, 1.54) is 0 Å². The largest absolute Gasteiger partial charge is 0.333 e. The molecule has 0 bridgehead atoms. The van der Waals surface area contributed by atoms with Crippen molar-refractivity contribution >= 4 is 16.7 Å². The number of aromatic nitrogens is 1. The van der Waals surface area contributed by atoms with Crippen LogP contribution in [0.1, 0.15) is 30.0 Å². The average Bonchev–Trinajstić information content (AvgIpc) is 3.37. The molecule has 1 aromatic heterocycles. The molecule has 3 nitrogen and oxygen atoms in total. The topological polar surface area (TPSA) is 45.8 Å². The van der Waals surface area contributed by atoms with Crippen LogP contribution in [0.3, 0.4) is 0 Å². The number of nitriles is 1. The summed E-state index contributed by atoms with van der Waals surface area (Å²) in [6.07, 6.45) is 3.98. The Morgan fingerprint density at radius 1 is 1.09 bits per heavy atom. The molecule has 4 rings (SSSR count). The minimum Gasteiger partial charge on any atom is -0.333 e. The number of carbonyl (C=O) groups excluding carboxylic acids is 1. The number of carbonyl (C=O) groups is 1. The third-order valence-corrected chi connectivity index (χ3v) is 4.51. The number of nitrogens with zero attached hydrogens (tertiary/aromatic N) is 2.